The summed E-state index contributed by atoms with van der Waals surface area (Å²) in [7, 11) is 0. The summed E-state index contributed by atoms with van der Waals surface area (Å²) in [5, 5.41) is 0. The van der Waals surface area contributed by atoms with Crippen LogP contribution in [0.1, 0.15) is 204 Å². The molecule has 3 nitrogen and oxygen atoms in total. The number of fused-ring (bicyclic) bond motifs is 10. The highest BCUT2D eigenvalue weighted by molar-refractivity contribution is 7.75. The summed E-state index contributed by atoms with van der Waals surface area (Å²) in [6, 6.07) is 0. The zero-order valence-corrected chi connectivity index (χ0v) is 39.5. The number of hydrogen-bond acceptors (Lipinski definition) is 3. The zero-order chi connectivity index (χ0) is 40.5. The van der Waals surface area contributed by atoms with E-state index in [-0.39, 0.29) is 23.0 Å². The van der Waals surface area contributed by atoms with Gasteiger partial charge in [-0.3, -0.25) is 8.37 Å². The number of hydrogen-bond donors (Lipinski definition) is 0. The molecule has 8 aliphatic rings. The first-order chi connectivity index (χ1) is 27.1. The van der Waals surface area contributed by atoms with Gasteiger partial charge in [-0.15, -0.1) is 0 Å². The Kier molecular flexibility index (Phi) is 12.6. The summed E-state index contributed by atoms with van der Waals surface area (Å²) in [6.45, 7) is 25.4. The molecule has 57 heavy (non-hydrogen) atoms. The first-order valence-corrected chi connectivity index (χ1v) is 26.2. The van der Waals surface area contributed by atoms with Crippen molar-refractivity contribution in [1.29, 1.82) is 0 Å². The van der Waals surface area contributed by atoms with Crippen LogP contribution in [0.3, 0.4) is 0 Å². The van der Waals surface area contributed by atoms with E-state index in [1.807, 2.05) is 0 Å². The predicted molar refractivity (Wildman–Crippen MR) is 239 cm³/mol. The van der Waals surface area contributed by atoms with Gasteiger partial charge in [0.25, 0.3) is 0 Å². The van der Waals surface area contributed by atoms with Gasteiger partial charge in [0.2, 0.25) is 0 Å². The van der Waals surface area contributed by atoms with Crippen LogP contribution in [0.4, 0.5) is 0 Å². The zero-order valence-electron chi connectivity index (χ0n) is 38.7. The molecule has 6 fully saturated rings. The predicted octanol–water partition coefficient (Wildman–Crippen LogP) is 15.0. The molecule has 0 N–H and O–H groups in total. The van der Waals surface area contributed by atoms with Crippen LogP contribution in [0.25, 0.3) is 0 Å². The van der Waals surface area contributed by atoms with Crippen molar-refractivity contribution in [1.82, 2.24) is 0 Å². The van der Waals surface area contributed by atoms with Crippen molar-refractivity contribution in [3.8, 4) is 0 Å². The minimum atomic E-state index is -1.68. The van der Waals surface area contributed by atoms with Gasteiger partial charge in [-0.05, 0) is 195 Å². The van der Waals surface area contributed by atoms with Crippen LogP contribution in [-0.4, -0.2) is 16.4 Å². The molecule has 0 aromatic heterocycles. The van der Waals surface area contributed by atoms with Crippen molar-refractivity contribution in [2.24, 2.45) is 92.7 Å². The van der Waals surface area contributed by atoms with Crippen molar-refractivity contribution in [2.45, 2.75) is 216 Å². The normalized spacial score (nSPS) is 46.8. The van der Waals surface area contributed by atoms with Crippen LogP contribution in [0, 0.1) is 92.7 Å². The lowest BCUT2D eigenvalue weighted by atomic mass is 9.47. The minimum Gasteiger partial charge on any atom is -0.265 e. The molecule has 324 valence electrons. The average molecular weight is 805 g/mol. The van der Waals surface area contributed by atoms with Gasteiger partial charge in [-0.2, -0.15) is 4.21 Å². The number of allylic oxidation sites excluding steroid dienone is 2. The van der Waals surface area contributed by atoms with Crippen molar-refractivity contribution < 1.29 is 12.6 Å². The summed E-state index contributed by atoms with van der Waals surface area (Å²) in [6.07, 6.45) is 32.6. The van der Waals surface area contributed by atoms with E-state index < -0.39 is 11.4 Å². The quantitative estimate of drug-likeness (QED) is 0.174. The summed E-state index contributed by atoms with van der Waals surface area (Å²) < 4.78 is 26.3. The molecule has 8 aliphatic carbocycles. The van der Waals surface area contributed by atoms with Crippen LogP contribution in [0.2, 0.25) is 0 Å². The molecule has 0 saturated heterocycles. The Balaban J connectivity index is 0.843. The lowest BCUT2D eigenvalue weighted by Crippen LogP contribution is -2.51. The van der Waals surface area contributed by atoms with Gasteiger partial charge in [0.15, 0.2) is 0 Å². The molecule has 0 amide bonds. The van der Waals surface area contributed by atoms with Crippen molar-refractivity contribution >= 4 is 11.4 Å². The molecule has 15 unspecified atom stereocenters. The highest BCUT2D eigenvalue weighted by Gasteiger charge is 2.61. The van der Waals surface area contributed by atoms with Crippen LogP contribution < -0.4 is 0 Å². The molecule has 0 bridgehead atoms. The highest BCUT2D eigenvalue weighted by atomic mass is 32.2. The van der Waals surface area contributed by atoms with E-state index in [4.69, 9.17) is 8.37 Å². The molecule has 4 heteroatoms. The lowest BCUT2D eigenvalue weighted by molar-refractivity contribution is -0.0581. The van der Waals surface area contributed by atoms with E-state index in [0.29, 0.717) is 10.8 Å². The van der Waals surface area contributed by atoms with Gasteiger partial charge in [-0.25, -0.2) is 0 Å². The molecule has 0 spiro atoms. The molecule has 0 aliphatic heterocycles. The van der Waals surface area contributed by atoms with Crippen LogP contribution >= 0.6 is 0 Å². The fourth-order valence-electron chi connectivity index (χ4n) is 17.5. The smallest absolute Gasteiger partial charge is 0.265 e. The van der Waals surface area contributed by atoms with Crippen LogP contribution in [-0.2, 0) is 19.7 Å². The second kappa shape index (κ2) is 16.7. The Morgan fingerprint density at radius 3 is 1.47 bits per heavy atom. The molecule has 6 saturated carbocycles. The van der Waals surface area contributed by atoms with E-state index >= 15 is 0 Å². The molecule has 17 atom stereocenters. The summed E-state index contributed by atoms with van der Waals surface area (Å²) >= 11 is -1.68. The largest absolute Gasteiger partial charge is 0.305 e. The molecule has 0 aromatic rings. The molecular weight excluding hydrogens is 717 g/mol. The summed E-state index contributed by atoms with van der Waals surface area (Å²) in [4.78, 5) is 0. The Labute approximate surface area is 354 Å². The lowest BCUT2D eigenvalue weighted by Gasteiger charge is -2.58. The van der Waals surface area contributed by atoms with Gasteiger partial charge >= 0.3 is 11.4 Å². The molecule has 8 rings (SSSR count). The van der Waals surface area contributed by atoms with E-state index in [1.165, 1.54) is 109 Å². The maximum absolute atomic E-state index is 13.6. The third kappa shape index (κ3) is 7.84. The topological polar surface area (TPSA) is 35.5 Å². The van der Waals surface area contributed by atoms with Gasteiger partial charge < -0.3 is 0 Å². The van der Waals surface area contributed by atoms with Gasteiger partial charge in [0.05, 0.1) is 12.2 Å². The van der Waals surface area contributed by atoms with Crippen LogP contribution in [0.15, 0.2) is 23.3 Å². The van der Waals surface area contributed by atoms with Crippen molar-refractivity contribution in [2.75, 3.05) is 0 Å². The standard InChI is InChI=1S/C53H88O3S/c1-34(2)12-11-13-36(5)44-20-22-46-42-18-16-38-32-40(24-28-50(38,7)48(42)26-30-52(44,46)9)55-57(54)56-41-25-29-51(8)39(33-41)17-19-43-47-23-21-45(37(6)15-14-35(3)4)53(47,10)31-27-49(43)51/h16-17,34-37,40-49H,11-15,18-33H2,1-10H3/t36?,37?,40-,41+,42?,43?,44?,45?,46?,47?,48?,49?,50?,51?,52?,53?,57?/m0/s1. The maximum atomic E-state index is 13.6. The van der Waals surface area contributed by atoms with Crippen LogP contribution in [0.5, 0.6) is 0 Å². The fourth-order valence-corrected chi connectivity index (χ4v) is 18.3. The van der Waals surface area contributed by atoms with E-state index in [2.05, 4.69) is 81.4 Å². The number of rotatable bonds is 13. The third-order valence-corrected chi connectivity index (χ3v) is 21.6. The van der Waals surface area contributed by atoms with Gasteiger partial charge in [-0.1, -0.05) is 125 Å². The monoisotopic (exact) mass is 805 g/mol. The SMILES string of the molecule is CC(C)CCCC(C)C1CCC2C3CC=C4C[C@@H](OS(=O)O[C@@H]5CCC6(C)C(=CCC7C6CCC6(C)C(C(C)CCC(C)C)CCC76)C5)CCC4(C)C3CCC12C. The second-order valence-corrected chi connectivity index (χ2v) is 25.1. The molecule has 0 radical (unpaired) electrons. The first-order valence-electron chi connectivity index (χ1n) is 25.2. The maximum Gasteiger partial charge on any atom is 0.305 e. The van der Waals surface area contributed by atoms with Gasteiger partial charge in [0, 0.05) is 0 Å². The molecule has 0 heterocycles. The Hall–Kier alpha value is -0.450. The second-order valence-electron chi connectivity index (χ2n) is 24.4. The fraction of sp³-hybridized carbons (Fsp3) is 0.925. The van der Waals surface area contributed by atoms with Crippen molar-refractivity contribution in [3.63, 3.8) is 0 Å². The van der Waals surface area contributed by atoms with Gasteiger partial charge in [0.1, 0.15) is 0 Å². The Morgan fingerprint density at radius 1 is 0.561 bits per heavy atom. The first kappa shape index (κ1) is 43.2. The van der Waals surface area contributed by atoms with E-state index in [9.17, 15) is 4.21 Å². The van der Waals surface area contributed by atoms with Crippen molar-refractivity contribution in [3.05, 3.63) is 23.3 Å². The van der Waals surface area contributed by atoms with E-state index in [0.717, 1.165) is 96.7 Å². The van der Waals surface area contributed by atoms with E-state index in [1.54, 1.807) is 11.1 Å². The average Bonchev–Trinajstić information content (AvgIpc) is 3.71. The molecule has 0 aromatic carbocycles. The highest BCUT2D eigenvalue weighted by Crippen LogP contribution is 2.69. The molecular formula is C53H88O3S. The third-order valence-electron chi connectivity index (χ3n) is 20.7. The summed E-state index contributed by atoms with van der Waals surface area (Å²) in [5.74, 6) is 10.3. The Morgan fingerprint density at radius 2 is 1.02 bits per heavy atom. The summed E-state index contributed by atoms with van der Waals surface area (Å²) in [5.41, 5.74) is 4.87. The Bertz CT molecular complexity index is 1510. The minimum absolute atomic E-state index is 0.0152.